The summed E-state index contributed by atoms with van der Waals surface area (Å²) in [5.74, 6) is 0. The smallest absolute Gasteiger partial charge is 0.312 e. The van der Waals surface area contributed by atoms with Crippen LogP contribution in [-0.4, -0.2) is 16.3 Å². The van der Waals surface area contributed by atoms with Gasteiger partial charge in [-0.15, -0.1) is 0 Å². The molecule has 0 atom stereocenters. The van der Waals surface area contributed by atoms with E-state index in [-0.39, 0.29) is 5.69 Å². The van der Waals surface area contributed by atoms with Crippen LogP contribution in [-0.2, 0) is 0 Å². The number of hydrogen-bond acceptors (Lipinski definition) is 3. The first-order chi connectivity index (χ1) is 7.29. The second-order valence-electron chi connectivity index (χ2n) is 3.05. The van der Waals surface area contributed by atoms with Crippen LogP contribution in [0.3, 0.4) is 0 Å². The summed E-state index contributed by atoms with van der Waals surface area (Å²) in [6.45, 7) is 0. The molecule has 2 rings (SSSR count). The second-order valence-corrected chi connectivity index (χ2v) is 3.05. The summed E-state index contributed by atoms with van der Waals surface area (Å²) in [6.07, 6.45) is 3.87. The van der Waals surface area contributed by atoms with Crippen molar-refractivity contribution in [2.45, 2.75) is 0 Å². The third-order valence-corrected chi connectivity index (χ3v) is 2.05. The summed E-state index contributed by atoms with van der Waals surface area (Å²) < 4.78 is 0. The first kappa shape index (κ1) is 9.33. The van der Waals surface area contributed by atoms with E-state index < -0.39 is 0 Å². The van der Waals surface area contributed by atoms with Gasteiger partial charge in [0.05, 0.1) is 0 Å². The number of carbonyl (C=O) groups excluding carboxylic acids is 1. The molecule has 0 saturated carbocycles. The van der Waals surface area contributed by atoms with Gasteiger partial charge in [-0.3, -0.25) is 4.79 Å². The van der Waals surface area contributed by atoms with Gasteiger partial charge in [0.2, 0.25) is 0 Å². The molecule has 0 aliphatic rings. The molecule has 0 aliphatic heterocycles. The van der Waals surface area contributed by atoms with E-state index in [1.165, 1.54) is 6.20 Å². The van der Waals surface area contributed by atoms with E-state index in [9.17, 15) is 9.59 Å². The lowest BCUT2D eigenvalue weighted by molar-refractivity contribution is 0.112. The summed E-state index contributed by atoms with van der Waals surface area (Å²) in [4.78, 5) is 27.3. The van der Waals surface area contributed by atoms with Gasteiger partial charge >= 0.3 is 5.69 Å². The molecule has 0 bridgehead atoms. The van der Waals surface area contributed by atoms with Crippen LogP contribution in [0.5, 0.6) is 0 Å². The zero-order chi connectivity index (χ0) is 10.7. The molecule has 0 saturated heterocycles. The normalized spacial score (nSPS) is 9.87. The maximum atomic E-state index is 10.7. The number of rotatable bonds is 2. The number of nitrogens with one attached hydrogen (secondary N) is 1. The largest absolute Gasteiger partial charge is 0.344 e. The Balaban J connectivity index is 2.41. The summed E-state index contributed by atoms with van der Waals surface area (Å²) in [5, 5.41) is 0. The Morgan fingerprint density at radius 1 is 1.13 bits per heavy atom. The predicted octanol–water partition coefficient (Wildman–Crippen LogP) is 1.25. The van der Waals surface area contributed by atoms with E-state index in [1.807, 2.05) is 0 Å². The van der Waals surface area contributed by atoms with Crippen molar-refractivity contribution in [3.63, 3.8) is 0 Å². The molecule has 74 valence electrons. The summed E-state index contributed by atoms with van der Waals surface area (Å²) in [6, 6.07) is 7.04. The van der Waals surface area contributed by atoms with Crippen molar-refractivity contribution in [3.8, 4) is 11.1 Å². The molecule has 2 aromatic rings. The number of carbonyl (C=O) groups is 1. The minimum absolute atomic E-state index is 0.372. The number of aromatic nitrogens is 2. The Hall–Kier alpha value is -2.23. The van der Waals surface area contributed by atoms with Gasteiger partial charge in [0.25, 0.3) is 0 Å². The van der Waals surface area contributed by atoms with Gasteiger partial charge < -0.3 is 4.98 Å². The van der Waals surface area contributed by atoms with Crippen LogP contribution in [0.1, 0.15) is 10.4 Å². The quantitative estimate of drug-likeness (QED) is 0.742. The van der Waals surface area contributed by atoms with Gasteiger partial charge in [0.15, 0.2) is 0 Å². The molecule has 1 heterocycles. The topological polar surface area (TPSA) is 62.8 Å². The van der Waals surface area contributed by atoms with Crippen LogP contribution >= 0.6 is 0 Å². The lowest BCUT2D eigenvalue weighted by Gasteiger charge is -1.99. The maximum Gasteiger partial charge on any atom is 0.344 e. The Bertz CT molecular complexity index is 509. The van der Waals surface area contributed by atoms with Crippen molar-refractivity contribution in [1.82, 2.24) is 9.97 Å². The molecule has 15 heavy (non-hydrogen) atoms. The molecule has 4 nitrogen and oxygen atoms in total. The van der Waals surface area contributed by atoms with Crippen LogP contribution in [0, 0.1) is 0 Å². The SMILES string of the molecule is O=Cc1ccc(-c2cnc(=O)[nH]c2)cc1. The molecule has 0 aliphatic carbocycles. The summed E-state index contributed by atoms with van der Waals surface area (Å²) >= 11 is 0. The minimum Gasteiger partial charge on any atom is -0.312 e. The van der Waals surface area contributed by atoms with Crippen molar-refractivity contribution in [2.24, 2.45) is 0 Å². The Morgan fingerprint density at radius 3 is 2.40 bits per heavy atom. The summed E-state index contributed by atoms with van der Waals surface area (Å²) in [5.41, 5.74) is 1.97. The van der Waals surface area contributed by atoms with Crippen molar-refractivity contribution in [1.29, 1.82) is 0 Å². The third kappa shape index (κ3) is 1.99. The number of benzene rings is 1. The molecule has 1 aromatic heterocycles. The van der Waals surface area contributed by atoms with Gasteiger partial charge in [-0.1, -0.05) is 24.3 Å². The van der Waals surface area contributed by atoms with E-state index in [2.05, 4.69) is 9.97 Å². The van der Waals surface area contributed by atoms with Crippen molar-refractivity contribution in [2.75, 3.05) is 0 Å². The van der Waals surface area contributed by atoms with Gasteiger partial charge in [0, 0.05) is 23.5 Å². The predicted molar refractivity (Wildman–Crippen MR) is 55.7 cm³/mol. The molecule has 0 unspecified atom stereocenters. The number of aldehydes is 1. The van der Waals surface area contributed by atoms with E-state index in [0.717, 1.165) is 17.4 Å². The zero-order valence-electron chi connectivity index (χ0n) is 7.81. The van der Waals surface area contributed by atoms with Crippen LogP contribution in [0.4, 0.5) is 0 Å². The van der Waals surface area contributed by atoms with Crippen molar-refractivity contribution < 1.29 is 4.79 Å². The average molecular weight is 200 g/mol. The molecule has 1 N–H and O–H groups in total. The molecule has 0 radical (unpaired) electrons. The first-order valence-corrected chi connectivity index (χ1v) is 4.40. The number of nitrogens with zero attached hydrogens (tertiary/aromatic N) is 1. The molecule has 0 fully saturated rings. The number of aromatic amines is 1. The van der Waals surface area contributed by atoms with Crippen LogP contribution < -0.4 is 5.69 Å². The van der Waals surface area contributed by atoms with E-state index >= 15 is 0 Å². The monoisotopic (exact) mass is 200 g/mol. The van der Waals surface area contributed by atoms with E-state index in [1.54, 1.807) is 30.5 Å². The minimum atomic E-state index is -0.372. The lowest BCUT2D eigenvalue weighted by atomic mass is 10.1. The number of H-pyrrole nitrogens is 1. The van der Waals surface area contributed by atoms with Crippen LogP contribution in [0.2, 0.25) is 0 Å². The fourth-order valence-corrected chi connectivity index (χ4v) is 1.25. The Kier molecular flexibility index (Phi) is 2.41. The standard InChI is InChI=1S/C11H8N2O2/c14-7-8-1-3-9(4-2-8)10-5-12-11(15)13-6-10/h1-7H,(H,12,13,15). The highest BCUT2D eigenvalue weighted by Crippen LogP contribution is 2.16. The van der Waals surface area contributed by atoms with Crippen molar-refractivity contribution >= 4 is 6.29 Å². The average Bonchev–Trinajstić information content (AvgIpc) is 2.30. The molecule has 0 spiro atoms. The Labute approximate surface area is 85.6 Å². The molecule has 1 aromatic carbocycles. The van der Waals surface area contributed by atoms with Gasteiger partial charge in [-0.2, -0.15) is 0 Å². The highest BCUT2D eigenvalue weighted by Gasteiger charge is 1.97. The Morgan fingerprint density at radius 2 is 1.87 bits per heavy atom. The third-order valence-electron chi connectivity index (χ3n) is 2.05. The fourth-order valence-electron chi connectivity index (χ4n) is 1.25. The zero-order valence-corrected chi connectivity index (χ0v) is 7.81. The molecular weight excluding hydrogens is 192 g/mol. The van der Waals surface area contributed by atoms with E-state index in [0.29, 0.717) is 5.56 Å². The van der Waals surface area contributed by atoms with Crippen LogP contribution in [0.15, 0.2) is 41.5 Å². The highest BCUT2D eigenvalue weighted by atomic mass is 16.1. The second kappa shape index (κ2) is 3.88. The molecule has 0 amide bonds. The van der Waals surface area contributed by atoms with Gasteiger partial charge in [-0.25, -0.2) is 9.78 Å². The number of hydrogen-bond donors (Lipinski definition) is 1. The van der Waals surface area contributed by atoms with Gasteiger partial charge in [0.1, 0.15) is 6.29 Å². The van der Waals surface area contributed by atoms with Crippen LogP contribution in [0.25, 0.3) is 11.1 Å². The molecule has 4 heteroatoms. The first-order valence-electron chi connectivity index (χ1n) is 4.40. The maximum absolute atomic E-state index is 10.7. The lowest BCUT2D eigenvalue weighted by Crippen LogP contribution is -2.07. The summed E-state index contributed by atoms with van der Waals surface area (Å²) in [7, 11) is 0. The van der Waals surface area contributed by atoms with Crippen molar-refractivity contribution in [3.05, 3.63) is 52.7 Å². The molecular formula is C11H8N2O2. The fraction of sp³-hybridized carbons (Fsp3) is 0. The highest BCUT2D eigenvalue weighted by molar-refractivity contribution is 5.76. The van der Waals surface area contributed by atoms with Gasteiger partial charge in [-0.05, 0) is 5.56 Å². The van der Waals surface area contributed by atoms with E-state index in [4.69, 9.17) is 0 Å².